The second kappa shape index (κ2) is 6.25. The van der Waals surface area contributed by atoms with Crippen LogP contribution in [0.4, 0.5) is 0 Å². The number of furan rings is 1. The number of rotatable bonds is 5. The summed E-state index contributed by atoms with van der Waals surface area (Å²) in [6, 6.07) is 2.19. The van der Waals surface area contributed by atoms with Crippen molar-refractivity contribution in [1.82, 2.24) is 0 Å². The molecular formula is C15H25NO. The van der Waals surface area contributed by atoms with E-state index in [1.165, 1.54) is 50.5 Å². The fourth-order valence-electron chi connectivity index (χ4n) is 3.07. The Labute approximate surface area is 105 Å². The van der Waals surface area contributed by atoms with Gasteiger partial charge in [-0.25, -0.2) is 0 Å². The minimum atomic E-state index is 0.181. The van der Waals surface area contributed by atoms with Gasteiger partial charge in [0.25, 0.3) is 0 Å². The van der Waals surface area contributed by atoms with Gasteiger partial charge in [-0.1, -0.05) is 39.0 Å². The van der Waals surface area contributed by atoms with Crippen LogP contribution in [0.25, 0.3) is 0 Å². The van der Waals surface area contributed by atoms with Gasteiger partial charge in [0, 0.05) is 11.6 Å². The van der Waals surface area contributed by atoms with Gasteiger partial charge in [0.2, 0.25) is 0 Å². The van der Waals surface area contributed by atoms with Crippen LogP contribution in [-0.2, 0) is 0 Å². The summed E-state index contributed by atoms with van der Waals surface area (Å²) in [5.41, 5.74) is 7.47. The summed E-state index contributed by atoms with van der Waals surface area (Å²) in [5, 5.41) is 0. The van der Waals surface area contributed by atoms with E-state index in [2.05, 4.69) is 6.92 Å². The highest BCUT2D eigenvalue weighted by Crippen LogP contribution is 2.37. The lowest BCUT2D eigenvalue weighted by Crippen LogP contribution is -2.25. The molecule has 1 unspecified atom stereocenters. The minimum absolute atomic E-state index is 0.181. The first-order valence-corrected chi connectivity index (χ1v) is 7.09. The Morgan fingerprint density at radius 2 is 2.12 bits per heavy atom. The van der Waals surface area contributed by atoms with Crippen molar-refractivity contribution >= 4 is 0 Å². The Morgan fingerprint density at radius 1 is 1.35 bits per heavy atom. The lowest BCUT2D eigenvalue weighted by molar-refractivity contribution is 0.232. The van der Waals surface area contributed by atoms with Crippen LogP contribution in [0.3, 0.4) is 0 Å². The number of hydrogen-bond donors (Lipinski definition) is 1. The monoisotopic (exact) mass is 235 g/mol. The van der Waals surface area contributed by atoms with Crippen LogP contribution in [0.2, 0.25) is 0 Å². The predicted molar refractivity (Wildman–Crippen MR) is 70.6 cm³/mol. The molecule has 0 radical (unpaired) electrons. The molecular weight excluding hydrogens is 210 g/mol. The molecule has 1 fully saturated rings. The maximum absolute atomic E-state index is 6.30. The Morgan fingerprint density at radius 3 is 2.71 bits per heavy atom. The van der Waals surface area contributed by atoms with Crippen molar-refractivity contribution in [1.29, 1.82) is 0 Å². The lowest BCUT2D eigenvalue weighted by Gasteiger charge is -2.31. The molecule has 0 spiro atoms. The van der Waals surface area contributed by atoms with E-state index in [1.807, 2.05) is 6.07 Å². The van der Waals surface area contributed by atoms with Gasteiger partial charge in [-0.3, -0.25) is 0 Å². The van der Waals surface area contributed by atoms with Crippen LogP contribution in [-0.4, -0.2) is 0 Å². The third kappa shape index (κ3) is 3.35. The maximum atomic E-state index is 6.30. The molecule has 0 bridgehead atoms. The summed E-state index contributed by atoms with van der Waals surface area (Å²) < 4.78 is 5.12. The molecule has 1 atom stereocenters. The summed E-state index contributed by atoms with van der Waals surface area (Å²) in [6.07, 6.45) is 13.0. The molecule has 0 aromatic carbocycles. The van der Waals surface area contributed by atoms with Crippen molar-refractivity contribution in [2.75, 3.05) is 0 Å². The Bertz CT molecular complexity index is 299. The van der Waals surface area contributed by atoms with Gasteiger partial charge in [-0.05, 0) is 30.7 Å². The molecule has 1 aliphatic carbocycles. The molecule has 1 aromatic heterocycles. The SMILES string of the molecule is CCCCC1CCC(C(N)c2ccoc2)CC1. The molecule has 0 saturated heterocycles. The molecule has 2 N–H and O–H groups in total. The van der Waals surface area contributed by atoms with Gasteiger partial charge in [0.15, 0.2) is 0 Å². The average Bonchev–Trinajstić information content (AvgIpc) is 2.90. The zero-order valence-corrected chi connectivity index (χ0v) is 10.9. The van der Waals surface area contributed by atoms with Gasteiger partial charge in [0.1, 0.15) is 0 Å². The predicted octanol–water partition coefficient (Wildman–Crippen LogP) is 4.28. The van der Waals surface area contributed by atoms with E-state index in [0.29, 0.717) is 5.92 Å². The van der Waals surface area contributed by atoms with Gasteiger partial charge >= 0.3 is 0 Å². The van der Waals surface area contributed by atoms with Crippen molar-refractivity contribution in [2.45, 2.75) is 57.9 Å². The molecule has 1 aromatic rings. The van der Waals surface area contributed by atoms with Crippen LogP contribution >= 0.6 is 0 Å². The first-order valence-electron chi connectivity index (χ1n) is 7.09. The first-order chi connectivity index (χ1) is 8.31. The smallest absolute Gasteiger partial charge is 0.0950 e. The Balaban J connectivity index is 1.79. The van der Waals surface area contributed by atoms with Gasteiger partial charge in [-0.15, -0.1) is 0 Å². The minimum Gasteiger partial charge on any atom is -0.472 e. The fraction of sp³-hybridized carbons (Fsp3) is 0.733. The molecule has 1 heterocycles. The van der Waals surface area contributed by atoms with Crippen LogP contribution in [0.5, 0.6) is 0 Å². The van der Waals surface area contributed by atoms with E-state index in [0.717, 1.165) is 5.92 Å². The van der Waals surface area contributed by atoms with E-state index in [1.54, 1.807) is 12.5 Å². The van der Waals surface area contributed by atoms with Crippen molar-refractivity contribution in [2.24, 2.45) is 17.6 Å². The lowest BCUT2D eigenvalue weighted by atomic mass is 9.76. The van der Waals surface area contributed by atoms with Gasteiger partial charge in [0.05, 0.1) is 12.5 Å². The van der Waals surface area contributed by atoms with Crippen molar-refractivity contribution in [3.8, 4) is 0 Å². The molecule has 2 heteroatoms. The molecule has 0 aliphatic heterocycles. The Hall–Kier alpha value is -0.760. The largest absolute Gasteiger partial charge is 0.472 e. The number of hydrogen-bond acceptors (Lipinski definition) is 2. The van der Waals surface area contributed by atoms with Crippen LogP contribution in [0.15, 0.2) is 23.0 Å². The second-order valence-electron chi connectivity index (χ2n) is 5.51. The van der Waals surface area contributed by atoms with E-state index >= 15 is 0 Å². The summed E-state index contributed by atoms with van der Waals surface area (Å²) in [4.78, 5) is 0. The third-order valence-corrected chi connectivity index (χ3v) is 4.29. The third-order valence-electron chi connectivity index (χ3n) is 4.29. The molecule has 1 aliphatic rings. The van der Waals surface area contributed by atoms with E-state index in [-0.39, 0.29) is 6.04 Å². The highest BCUT2D eigenvalue weighted by molar-refractivity contribution is 5.12. The summed E-state index contributed by atoms with van der Waals surface area (Å²) in [5.74, 6) is 1.62. The molecule has 0 amide bonds. The van der Waals surface area contributed by atoms with E-state index in [4.69, 9.17) is 10.2 Å². The van der Waals surface area contributed by atoms with Crippen molar-refractivity contribution in [3.05, 3.63) is 24.2 Å². The first kappa shape index (κ1) is 12.7. The normalized spacial score (nSPS) is 26.9. The highest BCUT2D eigenvalue weighted by atomic mass is 16.3. The number of unbranched alkanes of at least 4 members (excludes halogenated alkanes) is 1. The summed E-state index contributed by atoms with van der Waals surface area (Å²) in [7, 11) is 0. The van der Waals surface area contributed by atoms with Crippen molar-refractivity contribution in [3.63, 3.8) is 0 Å². The molecule has 2 rings (SSSR count). The zero-order chi connectivity index (χ0) is 12.1. The average molecular weight is 235 g/mol. The van der Waals surface area contributed by atoms with Gasteiger partial charge in [-0.2, -0.15) is 0 Å². The molecule has 1 saturated carbocycles. The highest BCUT2D eigenvalue weighted by Gasteiger charge is 2.26. The quantitative estimate of drug-likeness (QED) is 0.827. The van der Waals surface area contributed by atoms with Gasteiger partial charge < -0.3 is 10.2 Å². The van der Waals surface area contributed by atoms with Crippen LogP contribution < -0.4 is 5.73 Å². The maximum Gasteiger partial charge on any atom is 0.0950 e. The van der Waals surface area contributed by atoms with Crippen molar-refractivity contribution < 1.29 is 4.42 Å². The standard InChI is InChI=1S/C15H25NO/c1-2-3-4-12-5-7-13(8-6-12)15(16)14-9-10-17-11-14/h9-13,15H,2-8,16H2,1H3. The van der Waals surface area contributed by atoms with Crippen LogP contribution in [0, 0.1) is 11.8 Å². The summed E-state index contributed by atoms with van der Waals surface area (Å²) >= 11 is 0. The van der Waals surface area contributed by atoms with Crippen LogP contribution in [0.1, 0.15) is 63.5 Å². The fourth-order valence-corrected chi connectivity index (χ4v) is 3.07. The molecule has 2 nitrogen and oxygen atoms in total. The topological polar surface area (TPSA) is 39.2 Å². The molecule has 17 heavy (non-hydrogen) atoms. The second-order valence-corrected chi connectivity index (χ2v) is 5.51. The van der Waals surface area contributed by atoms with E-state index < -0.39 is 0 Å². The molecule has 96 valence electrons. The van der Waals surface area contributed by atoms with E-state index in [9.17, 15) is 0 Å². The number of nitrogens with two attached hydrogens (primary N) is 1. The summed E-state index contributed by atoms with van der Waals surface area (Å²) in [6.45, 7) is 2.28. The Kier molecular flexibility index (Phi) is 4.66. The zero-order valence-electron chi connectivity index (χ0n) is 10.9.